The minimum atomic E-state index is 0.282. The summed E-state index contributed by atoms with van der Waals surface area (Å²) in [6.45, 7) is 6.53. The molecule has 1 aliphatic rings. The van der Waals surface area contributed by atoms with Crippen LogP contribution in [0.2, 0.25) is 0 Å². The first-order chi connectivity index (χ1) is 9.69. The standard InChI is InChI=1S/C15H26N4O/c1-4-5-13-17-14(16-3)11(2)15(18-13)19-8-6-12(10-19)7-9-20/h12,20H,4-10H2,1-3H3,(H,16,17,18). The van der Waals surface area contributed by atoms with Crippen LogP contribution >= 0.6 is 0 Å². The number of hydrogen-bond acceptors (Lipinski definition) is 5. The molecular formula is C15H26N4O. The van der Waals surface area contributed by atoms with Gasteiger partial charge in [-0.1, -0.05) is 6.92 Å². The number of nitrogens with one attached hydrogen (secondary N) is 1. The van der Waals surface area contributed by atoms with Gasteiger partial charge in [0.05, 0.1) is 0 Å². The molecule has 1 aromatic heterocycles. The molecule has 1 aromatic rings. The Bertz CT molecular complexity index is 450. The fraction of sp³-hybridized carbons (Fsp3) is 0.733. The summed E-state index contributed by atoms with van der Waals surface area (Å²) in [6, 6.07) is 0. The average Bonchev–Trinajstić information content (AvgIpc) is 2.89. The van der Waals surface area contributed by atoms with Gasteiger partial charge in [0.15, 0.2) is 0 Å². The molecule has 2 rings (SSSR count). The van der Waals surface area contributed by atoms with E-state index in [2.05, 4.69) is 29.0 Å². The van der Waals surface area contributed by atoms with Crippen LogP contribution in [0.1, 0.15) is 37.6 Å². The van der Waals surface area contributed by atoms with Crippen molar-refractivity contribution in [2.45, 2.75) is 39.5 Å². The lowest BCUT2D eigenvalue weighted by atomic mass is 10.1. The number of rotatable bonds is 6. The Hall–Kier alpha value is -1.36. The highest BCUT2D eigenvalue weighted by atomic mass is 16.3. The highest BCUT2D eigenvalue weighted by Crippen LogP contribution is 2.29. The van der Waals surface area contributed by atoms with Crippen molar-refractivity contribution >= 4 is 11.6 Å². The van der Waals surface area contributed by atoms with Gasteiger partial charge in [-0.15, -0.1) is 0 Å². The largest absolute Gasteiger partial charge is 0.396 e. The Morgan fingerprint density at radius 1 is 1.40 bits per heavy atom. The molecule has 2 heterocycles. The van der Waals surface area contributed by atoms with Crippen LogP contribution in [-0.4, -0.2) is 41.8 Å². The average molecular weight is 278 g/mol. The van der Waals surface area contributed by atoms with Gasteiger partial charge in [0.2, 0.25) is 0 Å². The quantitative estimate of drug-likeness (QED) is 0.833. The molecule has 5 heteroatoms. The van der Waals surface area contributed by atoms with Crippen molar-refractivity contribution in [3.05, 3.63) is 11.4 Å². The summed E-state index contributed by atoms with van der Waals surface area (Å²) in [5, 5.41) is 12.3. The van der Waals surface area contributed by atoms with Gasteiger partial charge >= 0.3 is 0 Å². The Morgan fingerprint density at radius 3 is 2.85 bits per heavy atom. The third-order valence-electron chi connectivity index (χ3n) is 4.00. The maximum atomic E-state index is 9.08. The molecule has 1 atom stereocenters. The van der Waals surface area contributed by atoms with Gasteiger partial charge in [0, 0.05) is 38.7 Å². The predicted octanol–water partition coefficient (Wildman–Crippen LogP) is 1.99. The number of aryl methyl sites for hydroxylation is 1. The van der Waals surface area contributed by atoms with E-state index >= 15 is 0 Å². The molecule has 0 bridgehead atoms. The summed E-state index contributed by atoms with van der Waals surface area (Å²) in [5.41, 5.74) is 1.12. The fourth-order valence-electron chi connectivity index (χ4n) is 2.88. The zero-order chi connectivity index (χ0) is 14.5. The molecular weight excluding hydrogens is 252 g/mol. The van der Waals surface area contributed by atoms with Crippen molar-refractivity contribution in [3.8, 4) is 0 Å². The molecule has 5 nitrogen and oxygen atoms in total. The van der Waals surface area contributed by atoms with E-state index in [9.17, 15) is 0 Å². The normalized spacial score (nSPS) is 18.6. The van der Waals surface area contributed by atoms with Gasteiger partial charge in [0.1, 0.15) is 17.5 Å². The van der Waals surface area contributed by atoms with Crippen molar-refractivity contribution in [2.24, 2.45) is 5.92 Å². The molecule has 0 radical (unpaired) electrons. The first-order valence-corrected chi connectivity index (χ1v) is 7.60. The van der Waals surface area contributed by atoms with E-state index in [4.69, 9.17) is 10.1 Å². The van der Waals surface area contributed by atoms with Crippen LogP contribution < -0.4 is 10.2 Å². The predicted molar refractivity (Wildman–Crippen MR) is 82.3 cm³/mol. The second-order valence-electron chi connectivity index (χ2n) is 5.55. The molecule has 1 saturated heterocycles. The summed E-state index contributed by atoms with van der Waals surface area (Å²) in [5.74, 6) is 3.50. The van der Waals surface area contributed by atoms with Crippen LogP contribution in [0, 0.1) is 12.8 Å². The third kappa shape index (κ3) is 3.20. The van der Waals surface area contributed by atoms with Gasteiger partial charge in [0.25, 0.3) is 0 Å². The highest BCUT2D eigenvalue weighted by molar-refractivity contribution is 5.58. The number of aliphatic hydroxyl groups excluding tert-OH is 1. The van der Waals surface area contributed by atoms with Crippen LogP contribution in [0.5, 0.6) is 0 Å². The van der Waals surface area contributed by atoms with E-state index in [0.717, 1.165) is 61.8 Å². The van der Waals surface area contributed by atoms with Crippen molar-refractivity contribution in [3.63, 3.8) is 0 Å². The number of nitrogens with zero attached hydrogens (tertiary/aromatic N) is 3. The lowest BCUT2D eigenvalue weighted by Gasteiger charge is -2.22. The first kappa shape index (κ1) is 15.0. The SMILES string of the molecule is CCCc1nc(NC)c(C)c(N2CCC(CCO)C2)n1. The van der Waals surface area contributed by atoms with E-state index in [0.29, 0.717) is 5.92 Å². The lowest BCUT2D eigenvalue weighted by molar-refractivity contribution is 0.263. The molecule has 0 spiro atoms. The number of hydrogen-bond donors (Lipinski definition) is 2. The summed E-state index contributed by atoms with van der Waals surface area (Å²) in [4.78, 5) is 11.7. The van der Waals surface area contributed by atoms with Crippen LogP contribution in [0.15, 0.2) is 0 Å². The molecule has 1 aliphatic heterocycles. The highest BCUT2D eigenvalue weighted by Gasteiger charge is 2.25. The molecule has 20 heavy (non-hydrogen) atoms. The molecule has 0 aromatic carbocycles. The van der Waals surface area contributed by atoms with Gasteiger partial charge < -0.3 is 15.3 Å². The Morgan fingerprint density at radius 2 is 2.20 bits per heavy atom. The van der Waals surface area contributed by atoms with Gasteiger partial charge in [-0.05, 0) is 32.1 Å². The summed E-state index contributed by atoms with van der Waals surface area (Å²) >= 11 is 0. The van der Waals surface area contributed by atoms with Gasteiger partial charge in [-0.25, -0.2) is 9.97 Å². The number of aromatic nitrogens is 2. The topological polar surface area (TPSA) is 61.3 Å². The van der Waals surface area contributed by atoms with Crippen LogP contribution in [0.4, 0.5) is 11.6 Å². The lowest BCUT2D eigenvalue weighted by Crippen LogP contribution is -2.23. The maximum absolute atomic E-state index is 9.08. The number of anilines is 2. The maximum Gasteiger partial charge on any atom is 0.137 e. The first-order valence-electron chi connectivity index (χ1n) is 7.60. The van der Waals surface area contributed by atoms with E-state index in [1.165, 1.54) is 0 Å². The zero-order valence-electron chi connectivity index (χ0n) is 12.8. The second-order valence-corrected chi connectivity index (χ2v) is 5.55. The Kier molecular flexibility index (Phi) is 5.17. The summed E-state index contributed by atoms with van der Waals surface area (Å²) < 4.78 is 0. The fourth-order valence-corrected chi connectivity index (χ4v) is 2.88. The van der Waals surface area contributed by atoms with E-state index in [-0.39, 0.29) is 6.61 Å². The molecule has 0 aliphatic carbocycles. The monoisotopic (exact) mass is 278 g/mol. The third-order valence-corrected chi connectivity index (χ3v) is 4.00. The minimum Gasteiger partial charge on any atom is -0.396 e. The van der Waals surface area contributed by atoms with Crippen LogP contribution in [-0.2, 0) is 6.42 Å². The minimum absolute atomic E-state index is 0.282. The van der Waals surface area contributed by atoms with Crippen molar-refractivity contribution < 1.29 is 5.11 Å². The Labute approximate surface area is 121 Å². The number of aliphatic hydroxyl groups is 1. The van der Waals surface area contributed by atoms with Crippen molar-refractivity contribution in [1.82, 2.24) is 9.97 Å². The zero-order valence-corrected chi connectivity index (χ0v) is 12.8. The van der Waals surface area contributed by atoms with Crippen molar-refractivity contribution in [1.29, 1.82) is 0 Å². The van der Waals surface area contributed by atoms with E-state index in [1.807, 2.05) is 7.05 Å². The van der Waals surface area contributed by atoms with Crippen molar-refractivity contribution in [2.75, 3.05) is 37.0 Å². The Balaban J connectivity index is 2.24. The molecule has 0 saturated carbocycles. The smallest absolute Gasteiger partial charge is 0.137 e. The van der Waals surface area contributed by atoms with E-state index in [1.54, 1.807) is 0 Å². The molecule has 2 N–H and O–H groups in total. The summed E-state index contributed by atoms with van der Waals surface area (Å²) in [7, 11) is 1.91. The summed E-state index contributed by atoms with van der Waals surface area (Å²) in [6.07, 6.45) is 4.00. The van der Waals surface area contributed by atoms with E-state index < -0.39 is 0 Å². The second kappa shape index (κ2) is 6.88. The molecule has 1 fully saturated rings. The van der Waals surface area contributed by atoms with Crippen LogP contribution in [0.3, 0.4) is 0 Å². The molecule has 1 unspecified atom stereocenters. The van der Waals surface area contributed by atoms with Gasteiger partial charge in [-0.2, -0.15) is 0 Å². The van der Waals surface area contributed by atoms with Crippen LogP contribution in [0.25, 0.3) is 0 Å². The van der Waals surface area contributed by atoms with Gasteiger partial charge in [-0.3, -0.25) is 0 Å². The molecule has 112 valence electrons. The molecule has 0 amide bonds.